The van der Waals surface area contributed by atoms with Crippen LogP contribution in [0.4, 0.5) is 4.39 Å². The smallest absolute Gasteiger partial charge is 0.127 e. The van der Waals surface area contributed by atoms with Gasteiger partial charge in [-0.1, -0.05) is 18.2 Å². The molecule has 0 saturated heterocycles. The summed E-state index contributed by atoms with van der Waals surface area (Å²) < 4.78 is 20.4. The molecule has 2 N–H and O–H groups in total. The monoisotopic (exact) mass is 505 g/mol. The lowest BCUT2D eigenvalue weighted by Gasteiger charge is -2.12. The number of nitrogens with zero attached hydrogens (tertiary/aromatic N) is 3. The Morgan fingerprint density at radius 2 is 1.79 bits per heavy atom. The van der Waals surface area contributed by atoms with Crippen molar-refractivity contribution in [3.05, 3.63) is 90.5 Å². The molecular weight excluding hydrogens is 477 g/mol. The van der Waals surface area contributed by atoms with E-state index in [1.807, 2.05) is 61.6 Å². The van der Waals surface area contributed by atoms with Crippen LogP contribution in [0.5, 0.6) is 5.75 Å². The number of H-pyrrole nitrogens is 2. The van der Waals surface area contributed by atoms with Crippen molar-refractivity contribution >= 4 is 21.8 Å². The highest BCUT2D eigenvalue weighted by molar-refractivity contribution is 6.02. The minimum atomic E-state index is -0.327. The first-order valence-electron chi connectivity index (χ1n) is 12.6. The SMILES string of the molecule is Cc1ccncc1-c1ccc2[nH]nc(-c3cc4c(-c5cc(F)cc(OCCN(C)C)c5)cccc4[nH]3)c2c1. The fourth-order valence-electron chi connectivity index (χ4n) is 4.84. The molecule has 3 heterocycles. The molecule has 0 atom stereocenters. The molecule has 0 bridgehead atoms. The van der Waals surface area contributed by atoms with Crippen molar-refractivity contribution in [2.45, 2.75) is 6.92 Å². The van der Waals surface area contributed by atoms with Crippen molar-refractivity contribution in [2.24, 2.45) is 0 Å². The summed E-state index contributed by atoms with van der Waals surface area (Å²) in [6.45, 7) is 3.32. The second kappa shape index (κ2) is 9.76. The third-order valence-corrected chi connectivity index (χ3v) is 6.82. The number of pyridine rings is 1. The lowest BCUT2D eigenvalue weighted by atomic mass is 10.00. The number of ether oxygens (including phenoxy) is 1. The van der Waals surface area contributed by atoms with E-state index in [1.54, 1.807) is 12.3 Å². The van der Waals surface area contributed by atoms with Crippen LogP contribution in [0.25, 0.3) is 55.4 Å². The van der Waals surface area contributed by atoms with Gasteiger partial charge in [0.2, 0.25) is 0 Å². The van der Waals surface area contributed by atoms with E-state index in [0.29, 0.717) is 12.4 Å². The van der Waals surface area contributed by atoms with Crippen molar-refractivity contribution < 1.29 is 9.13 Å². The molecule has 0 aliphatic rings. The van der Waals surface area contributed by atoms with Crippen LogP contribution in [-0.2, 0) is 0 Å². The van der Waals surface area contributed by atoms with Crippen LogP contribution in [0, 0.1) is 12.7 Å². The molecular formula is C31H28FN5O. The van der Waals surface area contributed by atoms with Gasteiger partial charge >= 0.3 is 0 Å². The molecule has 0 unspecified atom stereocenters. The van der Waals surface area contributed by atoms with Crippen molar-refractivity contribution in [1.82, 2.24) is 25.1 Å². The molecule has 6 aromatic rings. The number of hydrogen-bond acceptors (Lipinski definition) is 4. The van der Waals surface area contributed by atoms with Crippen LogP contribution in [0.15, 0.2) is 79.1 Å². The molecule has 6 nitrogen and oxygen atoms in total. The predicted octanol–water partition coefficient (Wildman–Crippen LogP) is 6.83. The van der Waals surface area contributed by atoms with Crippen molar-refractivity contribution in [3.8, 4) is 39.4 Å². The Hall–Kier alpha value is -4.49. The van der Waals surface area contributed by atoms with E-state index in [2.05, 4.69) is 45.3 Å². The Bertz CT molecular complexity index is 1770. The zero-order valence-electron chi connectivity index (χ0n) is 21.5. The molecule has 0 saturated carbocycles. The molecule has 0 fully saturated rings. The van der Waals surface area contributed by atoms with Crippen LogP contribution in [0.3, 0.4) is 0 Å². The van der Waals surface area contributed by atoms with E-state index >= 15 is 0 Å². The van der Waals surface area contributed by atoms with Gasteiger partial charge in [0.05, 0.1) is 11.2 Å². The highest BCUT2D eigenvalue weighted by Gasteiger charge is 2.15. The minimum absolute atomic E-state index is 0.327. The molecule has 0 spiro atoms. The second-order valence-electron chi connectivity index (χ2n) is 9.80. The maximum Gasteiger partial charge on any atom is 0.127 e. The predicted molar refractivity (Wildman–Crippen MR) is 151 cm³/mol. The third kappa shape index (κ3) is 4.53. The molecule has 7 heteroatoms. The van der Waals surface area contributed by atoms with Gasteiger partial charge in [0, 0.05) is 46.9 Å². The number of aryl methyl sites for hydroxylation is 1. The Balaban J connectivity index is 1.41. The van der Waals surface area contributed by atoms with Gasteiger partial charge in [-0.2, -0.15) is 5.10 Å². The second-order valence-corrected chi connectivity index (χ2v) is 9.80. The van der Waals surface area contributed by atoms with Gasteiger partial charge in [0.15, 0.2) is 0 Å². The van der Waals surface area contributed by atoms with E-state index < -0.39 is 0 Å². The molecule has 38 heavy (non-hydrogen) atoms. The lowest BCUT2D eigenvalue weighted by Crippen LogP contribution is -2.19. The molecule has 0 radical (unpaired) electrons. The number of aromatic amines is 2. The fraction of sp³-hybridized carbons (Fsp3) is 0.161. The van der Waals surface area contributed by atoms with Crippen molar-refractivity contribution in [3.63, 3.8) is 0 Å². The summed E-state index contributed by atoms with van der Waals surface area (Å²) in [6, 6.07) is 21.3. The van der Waals surface area contributed by atoms with Gasteiger partial charge in [0.1, 0.15) is 23.9 Å². The molecule has 0 aliphatic heterocycles. The van der Waals surface area contributed by atoms with E-state index in [1.165, 1.54) is 11.6 Å². The number of rotatable bonds is 7. The lowest BCUT2D eigenvalue weighted by molar-refractivity contribution is 0.260. The van der Waals surface area contributed by atoms with Crippen molar-refractivity contribution in [2.75, 3.05) is 27.2 Å². The highest BCUT2D eigenvalue weighted by Crippen LogP contribution is 2.36. The number of aromatic nitrogens is 4. The summed E-state index contributed by atoms with van der Waals surface area (Å²) in [5.74, 6) is 0.192. The van der Waals surface area contributed by atoms with Gasteiger partial charge in [-0.3, -0.25) is 10.1 Å². The molecule has 3 aromatic carbocycles. The van der Waals surface area contributed by atoms with Gasteiger partial charge < -0.3 is 14.6 Å². The van der Waals surface area contributed by atoms with Gasteiger partial charge in [-0.15, -0.1) is 0 Å². The van der Waals surface area contributed by atoms with Gasteiger partial charge in [-0.05, 0) is 85.7 Å². The molecule has 0 amide bonds. The zero-order chi connectivity index (χ0) is 26.2. The number of hydrogen-bond donors (Lipinski definition) is 2. The Morgan fingerprint density at radius 1 is 0.895 bits per heavy atom. The first-order chi connectivity index (χ1) is 18.5. The number of halogens is 1. The maximum absolute atomic E-state index is 14.6. The minimum Gasteiger partial charge on any atom is -0.492 e. The summed E-state index contributed by atoms with van der Waals surface area (Å²) in [7, 11) is 3.96. The topological polar surface area (TPSA) is 69.8 Å². The van der Waals surface area contributed by atoms with Crippen LogP contribution in [-0.4, -0.2) is 52.3 Å². The number of fused-ring (bicyclic) bond motifs is 2. The van der Waals surface area contributed by atoms with Crippen molar-refractivity contribution in [1.29, 1.82) is 0 Å². The number of benzene rings is 3. The van der Waals surface area contributed by atoms with E-state index in [0.717, 1.165) is 62.0 Å². The maximum atomic E-state index is 14.6. The average molecular weight is 506 g/mol. The standard InChI is InChI=1S/C31H28FN5O/c1-19-9-10-33-18-27(19)20-7-8-29-26(15-20)31(36-35-29)30-17-25-24(5-4-6-28(25)34-30)21-13-22(32)16-23(14-21)38-12-11-37(2)3/h4-10,13-18,34H,11-12H2,1-3H3,(H,35,36). The van der Waals surface area contributed by atoms with E-state index in [9.17, 15) is 4.39 Å². The van der Waals surface area contributed by atoms with E-state index in [-0.39, 0.29) is 5.82 Å². The highest BCUT2D eigenvalue weighted by atomic mass is 19.1. The van der Waals surface area contributed by atoms with Crippen LogP contribution in [0.2, 0.25) is 0 Å². The fourth-order valence-corrected chi connectivity index (χ4v) is 4.84. The summed E-state index contributed by atoms with van der Waals surface area (Å²) >= 11 is 0. The number of likely N-dealkylation sites (N-methyl/N-ethyl adjacent to an activating group) is 1. The van der Waals surface area contributed by atoms with Crippen LogP contribution < -0.4 is 4.74 Å². The molecule has 3 aromatic heterocycles. The Morgan fingerprint density at radius 3 is 2.63 bits per heavy atom. The third-order valence-electron chi connectivity index (χ3n) is 6.82. The zero-order valence-corrected chi connectivity index (χ0v) is 21.5. The summed E-state index contributed by atoms with van der Waals surface area (Å²) in [6.07, 6.45) is 3.70. The van der Waals surface area contributed by atoms with Gasteiger partial charge in [0.25, 0.3) is 0 Å². The largest absolute Gasteiger partial charge is 0.492 e. The normalized spacial score (nSPS) is 11.6. The Kier molecular flexibility index (Phi) is 6.13. The summed E-state index contributed by atoms with van der Waals surface area (Å²) in [4.78, 5) is 9.86. The summed E-state index contributed by atoms with van der Waals surface area (Å²) in [5, 5.41) is 9.80. The van der Waals surface area contributed by atoms with Crippen LogP contribution in [0.1, 0.15) is 5.56 Å². The molecule has 6 rings (SSSR count). The molecule has 0 aliphatic carbocycles. The van der Waals surface area contributed by atoms with E-state index in [4.69, 9.17) is 4.74 Å². The quantitative estimate of drug-likeness (QED) is 0.250. The van der Waals surface area contributed by atoms with Crippen LogP contribution >= 0.6 is 0 Å². The Labute approximate surface area is 220 Å². The molecule has 190 valence electrons. The number of nitrogens with one attached hydrogen (secondary N) is 2. The van der Waals surface area contributed by atoms with Gasteiger partial charge in [-0.25, -0.2) is 4.39 Å². The summed E-state index contributed by atoms with van der Waals surface area (Å²) in [5.41, 5.74) is 8.66. The first-order valence-corrected chi connectivity index (χ1v) is 12.6. The average Bonchev–Trinajstić information content (AvgIpc) is 3.52. The first kappa shape index (κ1) is 23.9.